The first-order chi connectivity index (χ1) is 26.8. The number of carboxylic acids is 1. The highest BCUT2D eigenvalue weighted by molar-refractivity contribution is 7.80. The summed E-state index contributed by atoms with van der Waals surface area (Å²) in [6.45, 7) is 10.8. The average Bonchev–Trinajstić information content (AvgIpc) is 3.84. The molecule has 4 amide bonds. The number of carbonyl (C=O) groups excluding carboxylic acids is 6. The fourth-order valence-electron chi connectivity index (χ4n) is 6.13. The maximum absolute atomic E-state index is 14.2. The molecule has 0 unspecified atom stereocenters. The lowest BCUT2D eigenvalue weighted by atomic mass is 10.0. The number of carboxylic acid groups (broad SMARTS) is 1. The molecular weight excluding hydrogens is 779 g/mol. The van der Waals surface area contributed by atoms with Crippen molar-refractivity contribution < 1.29 is 48.1 Å². The summed E-state index contributed by atoms with van der Waals surface area (Å²) in [5.41, 5.74) is 6.83. The van der Waals surface area contributed by atoms with Gasteiger partial charge in [0.15, 0.2) is 5.69 Å². The molecule has 1 fully saturated rings. The number of nitrogens with one attached hydrogen (secondary N) is 4. The normalized spacial score (nSPS) is 17.0. The Morgan fingerprint density at radius 3 is 2.12 bits per heavy atom. The summed E-state index contributed by atoms with van der Waals surface area (Å²) in [5.74, 6) is -5.71. The van der Waals surface area contributed by atoms with E-state index in [0.29, 0.717) is 17.8 Å². The predicted octanol–water partition coefficient (Wildman–Crippen LogP) is 1.64. The van der Waals surface area contributed by atoms with Gasteiger partial charge in [0.1, 0.15) is 35.8 Å². The molecule has 0 radical (unpaired) electrons. The zero-order chi connectivity index (χ0) is 42.6. The number of aromatic carboxylic acids is 1. The Labute approximate surface area is 341 Å². The zero-order valence-corrected chi connectivity index (χ0v) is 34.7. The lowest BCUT2D eigenvalue weighted by Crippen LogP contribution is -2.62. The Bertz CT molecular complexity index is 1770. The minimum absolute atomic E-state index is 0.117. The molecule has 1 aromatic heterocycles. The molecule has 312 valence electrons. The van der Waals surface area contributed by atoms with Gasteiger partial charge in [-0.25, -0.2) is 9.78 Å². The molecule has 0 aliphatic carbocycles. The van der Waals surface area contributed by atoms with Gasteiger partial charge < -0.3 is 46.5 Å². The molecule has 7 N–H and O–H groups in total. The van der Waals surface area contributed by atoms with Crippen molar-refractivity contribution in [1.29, 1.82) is 0 Å². The van der Waals surface area contributed by atoms with Crippen LogP contribution in [0.4, 0.5) is 0 Å². The molecule has 1 aliphatic rings. The van der Waals surface area contributed by atoms with Gasteiger partial charge in [0.2, 0.25) is 23.6 Å². The Balaban J connectivity index is 1.79. The van der Waals surface area contributed by atoms with E-state index < -0.39 is 96.4 Å². The topological polar surface area (TPSA) is 248 Å². The zero-order valence-electron chi connectivity index (χ0n) is 33.1. The highest BCUT2D eigenvalue weighted by atomic mass is 32.1. The van der Waals surface area contributed by atoms with E-state index in [4.69, 9.17) is 27.4 Å². The van der Waals surface area contributed by atoms with Gasteiger partial charge in [0.25, 0.3) is 0 Å². The number of aromatic nitrogens is 1. The third kappa shape index (κ3) is 13.6. The second-order valence-corrected chi connectivity index (χ2v) is 15.8. The van der Waals surface area contributed by atoms with Crippen molar-refractivity contribution in [3.8, 4) is 0 Å². The second kappa shape index (κ2) is 21.5. The summed E-state index contributed by atoms with van der Waals surface area (Å²) in [4.78, 5) is 95.9. The molecule has 1 saturated heterocycles. The number of benzene rings is 1. The van der Waals surface area contributed by atoms with Gasteiger partial charge >= 0.3 is 17.9 Å². The molecule has 1 aromatic carbocycles. The smallest absolute Gasteiger partial charge is 0.355 e. The predicted molar refractivity (Wildman–Crippen MR) is 214 cm³/mol. The number of ether oxygens (including phenoxy) is 2. The average molecular weight is 832 g/mol. The first kappa shape index (κ1) is 46.4. The van der Waals surface area contributed by atoms with E-state index in [2.05, 4.69) is 26.3 Å². The van der Waals surface area contributed by atoms with Gasteiger partial charge in [0.05, 0.1) is 23.1 Å². The quantitative estimate of drug-likeness (QED) is 0.0871. The highest BCUT2D eigenvalue weighted by Gasteiger charge is 2.40. The van der Waals surface area contributed by atoms with Crippen molar-refractivity contribution in [3.05, 3.63) is 52.0 Å². The number of nitrogens with zero attached hydrogens (tertiary/aromatic N) is 2. The van der Waals surface area contributed by atoms with E-state index >= 15 is 0 Å². The van der Waals surface area contributed by atoms with Crippen LogP contribution in [0.5, 0.6) is 0 Å². The number of rotatable bonds is 19. The van der Waals surface area contributed by atoms with E-state index in [1.54, 1.807) is 13.8 Å². The molecule has 2 heterocycles. The molecule has 57 heavy (non-hydrogen) atoms. The number of amides is 4. The van der Waals surface area contributed by atoms with Crippen LogP contribution in [0.15, 0.2) is 35.7 Å². The van der Waals surface area contributed by atoms with Crippen LogP contribution in [0, 0.1) is 11.8 Å². The number of thiocarbonyl (C=S) groups is 1. The van der Waals surface area contributed by atoms with Crippen molar-refractivity contribution in [2.75, 3.05) is 13.2 Å². The van der Waals surface area contributed by atoms with Gasteiger partial charge in [-0.3, -0.25) is 28.8 Å². The minimum Gasteiger partial charge on any atom is -0.476 e. The van der Waals surface area contributed by atoms with E-state index in [1.807, 2.05) is 44.2 Å². The maximum Gasteiger partial charge on any atom is 0.355 e. The molecular formula is C38H53N7O10S2. The van der Waals surface area contributed by atoms with Gasteiger partial charge in [-0.15, -0.1) is 11.3 Å². The summed E-state index contributed by atoms with van der Waals surface area (Å²) >= 11 is 6.84. The Kier molecular flexibility index (Phi) is 17.5. The van der Waals surface area contributed by atoms with E-state index in [9.17, 15) is 38.7 Å². The monoisotopic (exact) mass is 831 g/mol. The van der Waals surface area contributed by atoms with Crippen LogP contribution in [0.1, 0.15) is 88.4 Å². The van der Waals surface area contributed by atoms with Crippen molar-refractivity contribution in [2.24, 2.45) is 17.6 Å². The largest absolute Gasteiger partial charge is 0.476 e. The number of likely N-dealkylation sites (tertiary alicyclic amines) is 1. The number of carbonyl (C=O) groups is 7. The lowest BCUT2D eigenvalue weighted by Gasteiger charge is -2.34. The highest BCUT2D eigenvalue weighted by Crippen LogP contribution is 2.26. The van der Waals surface area contributed by atoms with Crippen LogP contribution in [0.3, 0.4) is 0 Å². The number of nitrogens with two attached hydrogens (primary N) is 1. The molecule has 0 spiro atoms. The van der Waals surface area contributed by atoms with Crippen LogP contribution in [-0.2, 0) is 44.7 Å². The summed E-state index contributed by atoms with van der Waals surface area (Å²) in [6.07, 6.45) is 0.0254. The van der Waals surface area contributed by atoms with Crippen LogP contribution < -0.4 is 27.0 Å². The van der Waals surface area contributed by atoms with Gasteiger partial charge in [0, 0.05) is 25.8 Å². The van der Waals surface area contributed by atoms with Crippen molar-refractivity contribution in [1.82, 2.24) is 31.2 Å². The molecule has 3 rings (SSSR count). The Morgan fingerprint density at radius 2 is 1.56 bits per heavy atom. The van der Waals surface area contributed by atoms with Crippen LogP contribution in [-0.4, -0.2) is 111 Å². The number of thiazole rings is 1. The van der Waals surface area contributed by atoms with E-state index in [0.717, 1.165) is 16.9 Å². The van der Waals surface area contributed by atoms with Crippen LogP contribution >= 0.6 is 23.6 Å². The Morgan fingerprint density at radius 1 is 0.912 bits per heavy atom. The van der Waals surface area contributed by atoms with Crippen molar-refractivity contribution in [2.45, 2.75) is 110 Å². The summed E-state index contributed by atoms with van der Waals surface area (Å²) < 4.78 is 10.5. The van der Waals surface area contributed by atoms with E-state index in [-0.39, 0.29) is 29.6 Å². The standard InChI is InChI=1S/C38H53N7O10S2/c1-19(2)29(36-41-27(18-57-36)38(52)53)42-33(49)26(17-54-22(6)46)40-35(56)28-14-11-15-45(28)37(51)30(20(3)4)43-34(50)31(21(5)55-23(7)47)44-32(48)25(39)16-24-12-9-8-10-13-24/h8-10,12-13,18-21,25-26,28-31H,11,14-17,39H2,1-7H3,(H,40,56)(H,42,49)(H,43,50)(H,44,48)(H,52,53)/t21-,25+,26-,28-,29+,30-,31-/m0/s1. The molecule has 17 nitrogen and oxygen atoms in total. The Hall–Kier alpha value is -5.01. The molecule has 7 atom stereocenters. The third-order valence-electron chi connectivity index (χ3n) is 9.16. The van der Waals surface area contributed by atoms with Crippen molar-refractivity contribution in [3.63, 3.8) is 0 Å². The molecule has 0 saturated carbocycles. The maximum atomic E-state index is 14.2. The van der Waals surface area contributed by atoms with Crippen molar-refractivity contribution >= 4 is 70.1 Å². The van der Waals surface area contributed by atoms with Gasteiger partial charge in [-0.05, 0) is 43.6 Å². The number of hydrogen-bond acceptors (Lipinski definition) is 13. The number of hydrogen-bond donors (Lipinski definition) is 6. The lowest BCUT2D eigenvalue weighted by molar-refractivity contribution is -0.151. The first-order valence-corrected chi connectivity index (χ1v) is 19.9. The van der Waals surface area contributed by atoms with Gasteiger partial charge in [-0.2, -0.15) is 0 Å². The third-order valence-corrected chi connectivity index (χ3v) is 10.5. The van der Waals surface area contributed by atoms with Gasteiger partial charge in [-0.1, -0.05) is 70.2 Å². The summed E-state index contributed by atoms with van der Waals surface area (Å²) in [5, 5.41) is 22.3. The molecule has 19 heteroatoms. The van der Waals surface area contributed by atoms with Crippen LogP contribution in [0.25, 0.3) is 0 Å². The summed E-state index contributed by atoms with van der Waals surface area (Å²) in [7, 11) is 0. The number of esters is 2. The first-order valence-electron chi connectivity index (χ1n) is 18.6. The fraction of sp³-hybridized carbons (Fsp3) is 0.553. The molecule has 1 aliphatic heterocycles. The second-order valence-electron chi connectivity index (χ2n) is 14.5. The molecule has 2 aromatic rings. The fourth-order valence-corrected chi connectivity index (χ4v) is 7.53. The minimum atomic E-state index is -1.40. The van der Waals surface area contributed by atoms with Crippen LogP contribution in [0.2, 0.25) is 0 Å². The van der Waals surface area contributed by atoms with E-state index in [1.165, 1.54) is 31.1 Å². The summed E-state index contributed by atoms with van der Waals surface area (Å²) in [6, 6.07) is 2.95. The SMILES string of the molecule is CC(=O)OC[C@H](NC(=S)[C@@H]1CCCN1C(=O)[C@@H](NC(=O)[C@@H](NC(=O)[C@H](N)Cc1ccccc1)[C@H](C)OC(C)=O)C(C)C)C(=O)N[C@@H](c1nc(C(=O)O)cs1)C(C)C. The molecule has 0 bridgehead atoms.